The van der Waals surface area contributed by atoms with Crippen LogP contribution in [0.4, 0.5) is 0 Å². The number of rotatable bonds is 6. The molecule has 2 aliphatic rings. The molecule has 2 nitrogen and oxygen atoms in total. The minimum atomic E-state index is -0.344. The van der Waals surface area contributed by atoms with Gasteiger partial charge >= 0.3 is 0 Å². The highest BCUT2D eigenvalue weighted by molar-refractivity contribution is 5.39. The van der Waals surface area contributed by atoms with Gasteiger partial charge in [-0.25, -0.2) is 0 Å². The summed E-state index contributed by atoms with van der Waals surface area (Å²) in [5, 5.41) is 9.92. The fourth-order valence-corrected chi connectivity index (χ4v) is 7.07. The largest absolute Gasteiger partial charge is 0.393 e. The molecule has 1 N–H and O–H groups in total. The number of aryl methyl sites for hydroxylation is 1. The van der Waals surface area contributed by atoms with Crippen molar-refractivity contribution in [2.75, 3.05) is 0 Å². The Hall–Kier alpha value is -1.64. The van der Waals surface area contributed by atoms with E-state index in [1.54, 1.807) is 11.1 Å². The molecule has 2 aliphatic carbocycles. The van der Waals surface area contributed by atoms with E-state index in [1.165, 1.54) is 24.8 Å². The van der Waals surface area contributed by atoms with Crippen LogP contribution in [0.25, 0.3) is 0 Å². The van der Waals surface area contributed by atoms with E-state index in [2.05, 4.69) is 82.3 Å². The molecule has 2 heteroatoms. The van der Waals surface area contributed by atoms with Crippen LogP contribution in [-0.2, 0) is 16.6 Å². The maximum absolute atomic E-state index is 9.92. The second-order valence-corrected chi connectivity index (χ2v) is 11.0. The summed E-state index contributed by atoms with van der Waals surface area (Å²) in [6.07, 6.45) is 5.22. The first-order chi connectivity index (χ1) is 14.7. The molecule has 4 rings (SSSR count). The number of hydrogen-bond donors (Lipinski definition) is 1. The molecule has 0 radical (unpaired) electrons. The first-order valence-electron chi connectivity index (χ1n) is 12.2. The molecule has 0 bridgehead atoms. The molecule has 0 aromatic heterocycles. The summed E-state index contributed by atoms with van der Waals surface area (Å²) in [6, 6.07) is 19.9. The van der Waals surface area contributed by atoms with E-state index in [1.807, 2.05) is 6.92 Å². The molecule has 31 heavy (non-hydrogen) atoms. The summed E-state index contributed by atoms with van der Waals surface area (Å²) in [7, 11) is 0. The van der Waals surface area contributed by atoms with Crippen molar-refractivity contribution < 1.29 is 9.84 Å². The van der Waals surface area contributed by atoms with Gasteiger partial charge in [-0.05, 0) is 85.3 Å². The van der Waals surface area contributed by atoms with Crippen LogP contribution in [0, 0.1) is 17.3 Å². The Balaban J connectivity index is 1.68. The summed E-state index contributed by atoms with van der Waals surface area (Å²) in [5.74, 6) is 1.09. The second-order valence-electron chi connectivity index (χ2n) is 11.0. The van der Waals surface area contributed by atoms with Gasteiger partial charge in [-0.3, -0.25) is 0 Å². The van der Waals surface area contributed by atoms with Crippen LogP contribution in [0.5, 0.6) is 0 Å². The van der Waals surface area contributed by atoms with Crippen molar-refractivity contribution in [2.24, 2.45) is 17.3 Å². The van der Waals surface area contributed by atoms with Crippen molar-refractivity contribution >= 4 is 0 Å². The molecule has 0 amide bonds. The smallest absolute Gasteiger partial charge is 0.0861 e. The predicted molar refractivity (Wildman–Crippen MR) is 128 cm³/mol. The predicted octanol–water partition coefficient (Wildman–Crippen LogP) is 6.86. The number of fused-ring (bicyclic) bond motifs is 3. The van der Waals surface area contributed by atoms with Gasteiger partial charge < -0.3 is 9.84 Å². The molecule has 1 saturated carbocycles. The Bertz CT molecular complexity index is 871. The zero-order valence-corrected chi connectivity index (χ0v) is 20.0. The van der Waals surface area contributed by atoms with Crippen LogP contribution >= 0.6 is 0 Å². The summed E-state index contributed by atoms with van der Waals surface area (Å²) in [6.45, 7) is 11.5. The summed E-state index contributed by atoms with van der Waals surface area (Å²) < 4.78 is 6.74. The molecule has 0 aliphatic heterocycles. The third-order valence-electron chi connectivity index (χ3n) is 8.48. The van der Waals surface area contributed by atoms with E-state index in [0.29, 0.717) is 18.3 Å². The Morgan fingerprint density at radius 1 is 0.968 bits per heavy atom. The van der Waals surface area contributed by atoms with Gasteiger partial charge in [0, 0.05) is 0 Å². The maximum atomic E-state index is 9.92. The highest BCUT2D eigenvalue weighted by atomic mass is 16.5. The number of ether oxygens (including phenoxy) is 1. The average molecular weight is 421 g/mol. The van der Waals surface area contributed by atoms with Crippen molar-refractivity contribution in [1.29, 1.82) is 0 Å². The van der Waals surface area contributed by atoms with Crippen molar-refractivity contribution in [2.45, 2.75) is 90.4 Å². The lowest BCUT2D eigenvalue weighted by Gasteiger charge is -2.59. The summed E-state index contributed by atoms with van der Waals surface area (Å²) in [5.41, 5.74) is 4.81. The molecule has 0 heterocycles. The SMILES string of the molecule is C[C@H](O)C[C@H](C)O[C@@H](c1ccccc1)[C@H]1CCC2(C)c3ccccc3CC[C@H]2C1(C)C. The third kappa shape index (κ3) is 4.22. The van der Waals surface area contributed by atoms with Gasteiger partial charge in [0.2, 0.25) is 0 Å². The fraction of sp³-hybridized carbons (Fsp3) is 0.586. The molecular formula is C29H40O2. The average Bonchev–Trinajstić information content (AvgIpc) is 2.72. The second kappa shape index (κ2) is 8.71. The highest BCUT2D eigenvalue weighted by Crippen LogP contribution is 2.61. The molecule has 2 aromatic carbocycles. The van der Waals surface area contributed by atoms with Gasteiger partial charge in [0.05, 0.1) is 18.3 Å². The zero-order valence-electron chi connectivity index (χ0n) is 20.0. The first-order valence-corrected chi connectivity index (χ1v) is 12.2. The number of hydrogen-bond acceptors (Lipinski definition) is 2. The minimum absolute atomic E-state index is 0.0291. The minimum Gasteiger partial charge on any atom is -0.393 e. The quantitative estimate of drug-likeness (QED) is 0.553. The van der Waals surface area contributed by atoms with Crippen LogP contribution in [0.1, 0.15) is 83.1 Å². The van der Waals surface area contributed by atoms with Crippen LogP contribution in [0.15, 0.2) is 54.6 Å². The number of benzene rings is 2. The maximum Gasteiger partial charge on any atom is 0.0861 e. The van der Waals surface area contributed by atoms with Crippen LogP contribution in [0.2, 0.25) is 0 Å². The van der Waals surface area contributed by atoms with Crippen LogP contribution in [-0.4, -0.2) is 17.3 Å². The van der Waals surface area contributed by atoms with Gasteiger partial charge in [0.15, 0.2) is 0 Å². The van der Waals surface area contributed by atoms with Gasteiger partial charge in [-0.15, -0.1) is 0 Å². The van der Waals surface area contributed by atoms with E-state index >= 15 is 0 Å². The normalized spacial score (nSPS) is 30.0. The van der Waals surface area contributed by atoms with Gasteiger partial charge in [-0.1, -0.05) is 75.4 Å². The lowest BCUT2D eigenvalue weighted by molar-refractivity contribution is -0.123. The van der Waals surface area contributed by atoms with Crippen LogP contribution < -0.4 is 0 Å². The number of aliphatic hydroxyl groups is 1. The molecule has 6 atom stereocenters. The molecule has 0 saturated heterocycles. The van der Waals surface area contributed by atoms with E-state index < -0.39 is 0 Å². The van der Waals surface area contributed by atoms with E-state index in [4.69, 9.17) is 4.74 Å². The van der Waals surface area contributed by atoms with Crippen molar-refractivity contribution in [1.82, 2.24) is 0 Å². The standard InChI is InChI=1S/C29H40O2/c1-20(30)19-21(2)31-27(23-12-7-6-8-13-23)25-17-18-29(5)24-14-10-9-11-22(24)15-16-26(29)28(25,3)4/h6-14,20-21,25-27,30H,15-19H2,1-5H3/t20-,21-,25+,26-,27-,29?/m0/s1. The van der Waals surface area contributed by atoms with Gasteiger partial charge in [-0.2, -0.15) is 0 Å². The van der Waals surface area contributed by atoms with Gasteiger partial charge in [0.1, 0.15) is 0 Å². The van der Waals surface area contributed by atoms with E-state index in [9.17, 15) is 5.11 Å². The fourth-order valence-electron chi connectivity index (χ4n) is 7.07. The molecule has 2 aromatic rings. The molecule has 168 valence electrons. The monoisotopic (exact) mass is 420 g/mol. The highest BCUT2D eigenvalue weighted by Gasteiger charge is 2.55. The zero-order chi connectivity index (χ0) is 22.2. The lowest BCUT2D eigenvalue weighted by atomic mass is 9.46. The number of aliphatic hydroxyl groups excluding tert-OH is 1. The van der Waals surface area contributed by atoms with Crippen molar-refractivity contribution in [3.63, 3.8) is 0 Å². The van der Waals surface area contributed by atoms with E-state index in [0.717, 1.165) is 6.42 Å². The molecule has 1 unspecified atom stereocenters. The summed E-state index contributed by atoms with van der Waals surface area (Å²) in [4.78, 5) is 0. The van der Waals surface area contributed by atoms with Gasteiger partial charge in [0.25, 0.3) is 0 Å². The third-order valence-corrected chi connectivity index (χ3v) is 8.48. The van der Waals surface area contributed by atoms with E-state index in [-0.39, 0.29) is 29.1 Å². The Morgan fingerprint density at radius 3 is 2.35 bits per heavy atom. The molecule has 0 spiro atoms. The Morgan fingerprint density at radius 2 is 1.65 bits per heavy atom. The van der Waals surface area contributed by atoms with Crippen molar-refractivity contribution in [3.05, 3.63) is 71.3 Å². The van der Waals surface area contributed by atoms with Crippen molar-refractivity contribution in [3.8, 4) is 0 Å². The lowest BCUT2D eigenvalue weighted by Crippen LogP contribution is -2.53. The molecule has 1 fully saturated rings. The topological polar surface area (TPSA) is 29.5 Å². The van der Waals surface area contributed by atoms with Crippen LogP contribution in [0.3, 0.4) is 0 Å². The molecular weight excluding hydrogens is 380 g/mol. The Labute approximate surface area is 189 Å². The Kier molecular flexibility index (Phi) is 6.34. The summed E-state index contributed by atoms with van der Waals surface area (Å²) >= 11 is 0. The first kappa shape index (κ1) is 22.6.